The van der Waals surface area contributed by atoms with Gasteiger partial charge in [0, 0.05) is 15.1 Å². The monoisotopic (exact) mass is 503 g/mol. The maximum atomic E-state index is 10.8. The second-order valence-electron chi connectivity index (χ2n) is 7.04. The summed E-state index contributed by atoms with van der Waals surface area (Å²) in [7, 11) is 10.9. The molecule has 0 spiro atoms. The molecule has 0 atom stereocenters. The van der Waals surface area contributed by atoms with E-state index in [1.165, 1.54) is 22.3 Å². The first-order valence-electron chi connectivity index (χ1n) is 9.88. The molecular formula is C25H27Cl2NOSiTi-2. The quantitative estimate of drug-likeness (QED) is 0.200. The van der Waals surface area contributed by atoms with Crippen molar-refractivity contribution in [2.45, 2.75) is 39.3 Å². The molecule has 0 heterocycles. The topological polar surface area (TPSA) is 40.9 Å². The first-order chi connectivity index (χ1) is 14.9. The van der Waals surface area contributed by atoms with Crippen molar-refractivity contribution < 1.29 is 21.8 Å². The molecule has 1 aliphatic rings. The van der Waals surface area contributed by atoms with Gasteiger partial charge >= 0.3 is 35.6 Å². The van der Waals surface area contributed by atoms with Gasteiger partial charge in [0.1, 0.15) is 0 Å². The number of fused-ring (bicyclic) bond motifs is 3. The van der Waals surface area contributed by atoms with E-state index in [0.717, 1.165) is 21.5 Å². The molecule has 0 saturated carbocycles. The summed E-state index contributed by atoms with van der Waals surface area (Å²) in [4.78, 5) is 10.8. The van der Waals surface area contributed by atoms with Crippen molar-refractivity contribution in [1.82, 2.24) is 0 Å². The van der Waals surface area contributed by atoms with Crippen LogP contribution in [0.5, 0.6) is 0 Å². The fraction of sp³-hybridized carbons (Fsp3) is 0.240. The molecule has 162 valence electrons. The van der Waals surface area contributed by atoms with Gasteiger partial charge < -0.3 is 10.5 Å². The van der Waals surface area contributed by atoms with E-state index in [0.29, 0.717) is 11.5 Å². The molecule has 0 saturated heterocycles. The average molecular weight is 504 g/mol. The molecule has 2 radical (unpaired) electrons. The van der Waals surface area contributed by atoms with Crippen LogP contribution in [0.25, 0.3) is 16.9 Å². The molecule has 3 aromatic carbocycles. The van der Waals surface area contributed by atoms with E-state index < -0.39 is 22.9 Å². The van der Waals surface area contributed by atoms with Crippen molar-refractivity contribution in [2.24, 2.45) is 0 Å². The zero-order valence-electron chi connectivity index (χ0n) is 18.3. The Labute approximate surface area is 206 Å². The van der Waals surface area contributed by atoms with E-state index in [1.807, 2.05) is 32.0 Å². The van der Waals surface area contributed by atoms with Crippen molar-refractivity contribution in [3.63, 3.8) is 0 Å². The summed E-state index contributed by atoms with van der Waals surface area (Å²) in [5.41, 5.74) is 14.0. The van der Waals surface area contributed by atoms with E-state index in [2.05, 4.69) is 55.6 Å². The minimum absolute atomic E-state index is 0.301. The summed E-state index contributed by atoms with van der Waals surface area (Å²) < 4.78 is 0. The number of carbonyl (C=O) groups excluding carboxylic acids is 1. The van der Waals surface area contributed by atoms with Crippen LogP contribution in [0.15, 0.2) is 66.7 Å². The van der Waals surface area contributed by atoms with Crippen molar-refractivity contribution >= 4 is 34.0 Å². The van der Waals surface area contributed by atoms with Crippen molar-refractivity contribution in [2.75, 3.05) is 0 Å². The molecule has 0 fully saturated rings. The Kier molecular flexibility index (Phi) is 13.8. The van der Waals surface area contributed by atoms with E-state index in [9.17, 15) is 4.79 Å². The van der Waals surface area contributed by atoms with Gasteiger partial charge in [-0.05, 0) is 17.9 Å². The van der Waals surface area contributed by atoms with Gasteiger partial charge in [0.05, 0.1) is 5.91 Å². The van der Waals surface area contributed by atoms with E-state index in [-0.39, 0.29) is 0 Å². The molecule has 4 rings (SSSR count). The van der Waals surface area contributed by atoms with Crippen molar-refractivity contribution in [1.29, 1.82) is 0 Å². The summed E-state index contributed by atoms with van der Waals surface area (Å²) in [6.07, 6.45) is 1.05. The minimum Gasteiger partial charge on any atom is -0.179 e. The maximum Gasteiger partial charge on any atom is -0.0253 e. The van der Waals surface area contributed by atoms with Gasteiger partial charge in [-0.25, -0.2) is 0 Å². The number of hydrogen-bond donors (Lipinski definition) is 0. The molecule has 2 nitrogen and oxygen atoms in total. The van der Waals surface area contributed by atoms with Crippen LogP contribution in [0.3, 0.4) is 0 Å². The summed E-state index contributed by atoms with van der Waals surface area (Å²) in [5, 5.41) is 0. The van der Waals surface area contributed by atoms with Crippen LogP contribution in [0.4, 0.5) is 0 Å². The Morgan fingerprint density at radius 3 is 2.13 bits per heavy atom. The molecular weight excluding hydrogens is 477 g/mol. The Balaban J connectivity index is 0.000000249. The van der Waals surface area contributed by atoms with E-state index >= 15 is 0 Å². The molecule has 0 bridgehead atoms. The van der Waals surface area contributed by atoms with Gasteiger partial charge in [-0.3, -0.25) is 0 Å². The van der Waals surface area contributed by atoms with Gasteiger partial charge in [0.2, 0.25) is 0 Å². The Hall–Kier alpha value is -1.36. The standard InChI is InChI=1S/C13H9.C10H13NO.C2H6Si.2ClH.Ti/c1-3-7-12-10(5-1)9-11-6-2-4-8-13(11)12;1-7(2)8-5-3-4-6-9(8)10(11)12;1-3-2;;;/h1-5,7-8H,9H2;3-7H,1-2H3,(H2,11,12);1-2H3;2*1H;/q-1;;;;;+2/p-3. The smallest absolute Gasteiger partial charge is 0.0253 e. The Bertz CT molecular complexity index is 905. The fourth-order valence-corrected chi connectivity index (χ4v) is 3.20. The number of carbonyl (C=O) groups is 1. The van der Waals surface area contributed by atoms with Crippen LogP contribution in [0.1, 0.15) is 46.8 Å². The van der Waals surface area contributed by atoms with Gasteiger partial charge in [0.25, 0.3) is 0 Å². The molecule has 6 heteroatoms. The zero-order valence-corrected chi connectivity index (χ0v) is 22.4. The van der Waals surface area contributed by atoms with Gasteiger partial charge in [-0.2, -0.15) is 29.8 Å². The summed E-state index contributed by atoms with van der Waals surface area (Å²) in [6, 6.07) is 25.4. The second-order valence-corrected chi connectivity index (χ2v) is 10.6. The predicted octanol–water partition coefficient (Wildman–Crippen LogP) is 8.22. The zero-order chi connectivity index (χ0) is 23.2. The van der Waals surface area contributed by atoms with Crippen molar-refractivity contribution in [3.8, 4) is 11.1 Å². The van der Waals surface area contributed by atoms with Gasteiger partial charge in [-0.1, -0.05) is 86.6 Å². The van der Waals surface area contributed by atoms with Gasteiger partial charge in [-0.15, -0.1) is 5.56 Å². The molecule has 3 aromatic rings. The SMILES string of the molecule is CC(C)c1ccccc1C([NH-])=O.C[Si]C.[Cl][Ti][Cl].[c-]1cccc2c1Cc1ccccc1-2. The van der Waals surface area contributed by atoms with Crippen LogP contribution in [0, 0.1) is 6.07 Å². The summed E-state index contributed by atoms with van der Waals surface area (Å²) >= 11 is -0.556. The number of amides is 1. The number of hydrogen-bond acceptors (Lipinski definition) is 1. The van der Waals surface area contributed by atoms with Crippen molar-refractivity contribution in [3.05, 3.63) is 101 Å². The molecule has 0 unspecified atom stereocenters. The predicted molar refractivity (Wildman–Crippen MR) is 132 cm³/mol. The van der Waals surface area contributed by atoms with Gasteiger partial charge in [0.15, 0.2) is 0 Å². The third kappa shape index (κ3) is 8.96. The molecule has 1 N–H and O–H groups in total. The number of nitrogens with one attached hydrogen (secondary N) is 1. The Morgan fingerprint density at radius 2 is 1.55 bits per heavy atom. The minimum atomic E-state index is -0.598. The van der Waals surface area contributed by atoms with E-state index in [1.54, 1.807) is 12.1 Å². The van der Waals surface area contributed by atoms with Crippen LogP contribution in [-0.4, -0.2) is 15.4 Å². The molecule has 31 heavy (non-hydrogen) atoms. The number of rotatable bonds is 2. The number of halogens is 2. The largest absolute Gasteiger partial charge is 0.179 e. The van der Waals surface area contributed by atoms with E-state index in [4.69, 9.17) is 24.3 Å². The fourth-order valence-electron chi connectivity index (χ4n) is 3.20. The third-order valence-corrected chi connectivity index (χ3v) is 4.44. The summed E-state index contributed by atoms with van der Waals surface area (Å²) in [6.45, 7) is 8.34. The summed E-state index contributed by atoms with van der Waals surface area (Å²) in [5.74, 6) is -0.296. The van der Waals surface area contributed by atoms with Crippen LogP contribution in [-0.2, 0) is 23.5 Å². The average Bonchev–Trinajstić information content (AvgIpc) is 3.14. The second kappa shape index (κ2) is 15.4. The first kappa shape index (κ1) is 27.7. The molecule has 1 amide bonds. The Morgan fingerprint density at radius 1 is 1.00 bits per heavy atom. The van der Waals surface area contributed by atoms with Crippen LogP contribution >= 0.6 is 18.6 Å². The number of benzene rings is 3. The maximum absolute atomic E-state index is 10.8. The molecule has 1 aliphatic carbocycles. The van der Waals surface area contributed by atoms with Crippen LogP contribution in [0.2, 0.25) is 13.1 Å². The normalized spacial score (nSPS) is 10.2. The first-order valence-corrected chi connectivity index (χ1v) is 16.2. The molecule has 0 aliphatic heterocycles. The third-order valence-electron chi connectivity index (χ3n) is 4.44. The molecule has 0 aromatic heterocycles. The van der Waals surface area contributed by atoms with Crippen LogP contribution < -0.4 is 0 Å².